The molecular weight excluding hydrogens is 309 g/mol. The van der Waals surface area contributed by atoms with Gasteiger partial charge in [-0.25, -0.2) is 4.79 Å². The van der Waals surface area contributed by atoms with Crippen molar-refractivity contribution in [2.24, 2.45) is 0 Å². The molecule has 1 heterocycles. The molecule has 0 aromatic heterocycles. The third-order valence-electron chi connectivity index (χ3n) is 3.90. The van der Waals surface area contributed by atoms with Crippen LogP contribution in [0.2, 0.25) is 0 Å². The Kier molecular flexibility index (Phi) is 5.51. The lowest BCUT2D eigenvalue weighted by Crippen LogP contribution is -2.49. The van der Waals surface area contributed by atoms with Crippen LogP contribution in [-0.2, 0) is 12.6 Å². The van der Waals surface area contributed by atoms with E-state index < -0.39 is 23.9 Å². The number of β-amino-alcohol motifs (C(OH)–C–C–N with tert-alkyl or cyclic N) is 1. The molecular formula is C16H21F3N2O2. The van der Waals surface area contributed by atoms with Gasteiger partial charge in [-0.05, 0) is 37.8 Å². The van der Waals surface area contributed by atoms with Crippen molar-refractivity contribution in [2.45, 2.75) is 44.5 Å². The first-order valence-electron chi connectivity index (χ1n) is 7.66. The summed E-state index contributed by atoms with van der Waals surface area (Å²) in [7, 11) is 0. The van der Waals surface area contributed by atoms with Crippen molar-refractivity contribution in [1.82, 2.24) is 10.2 Å². The second-order valence-corrected chi connectivity index (χ2v) is 5.95. The van der Waals surface area contributed by atoms with E-state index in [9.17, 15) is 23.1 Å². The molecule has 23 heavy (non-hydrogen) atoms. The van der Waals surface area contributed by atoms with Crippen LogP contribution in [0, 0.1) is 0 Å². The Hall–Kier alpha value is -1.76. The van der Waals surface area contributed by atoms with Crippen molar-refractivity contribution in [3.8, 4) is 0 Å². The number of likely N-dealkylation sites (tertiary alicyclic amines) is 1. The molecule has 1 fully saturated rings. The number of amides is 2. The normalized spacial score (nSPS) is 20.2. The average Bonchev–Trinajstić information content (AvgIpc) is 2.46. The number of halogens is 3. The lowest BCUT2D eigenvalue weighted by molar-refractivity contribution is -0.138. The van der Waals surface area contributed by atoms with Gasteiger partial charge in [0.2, 0.25) is 0 Å². The summed E-state index contributed by atoms with van der Waals surface area (Å²) < 4.78 is 38.9. The van der Waals surface area contributed by atoms with Crippen LogP contribution in [0.5, 0.6) is 0 Å². The molecule has 2 rings (SSSR count). The highest BCUT2D eigenvalue weighted by Crippen LogP contribution is 2.32. The second kappa shape index (κ2) is 7.21. The number of carbonyl (C=O) groups is 1. The second-order valence-electron chi connectivity index (χ2n) is 5.95. The van der Waals surface area contributed by atoms with Gasteiger partial charge in [0.25, 0.3) is 0 Å². The SMILES string of the molecule is CC(Cc1ccccc1C(F)(F)F)NC(=O)N1CCCC(O)C1. The largest absolute Gasteiger partial charge is 0.416 e. The molecule has 1 aliphatic rings. The Labute approximate surface area is 133 Å². The highest BCUT2D eigenvalue weighted by atomic mass is 19.4. The molecule has 0 bridgehead atoms. The summed E-state index contributed by atoms with van der Waals surface area (Å²) in [5.41, 5.74) is -0.513. The zero-order valence-electron chi connectivity index (χ0n) is 12.9. The Morgan fingerprint density at radius 1 is 1.43 bits per heavy atom. The van der Waals surface area contributed by atoms with Crippen LogP contribution in [0.1, 0.15) is 30.9 Å². The monoisotopic (exact) mass is 330 g/mol. The summed E-state index contributed by atoms with van der Waals surface area (Å²) in [4.78, 5) is 13.6. The van der Waals surface area contributed by atoms with Crippen molar-refractivity contribution in [2.75, 3.05) is 13.1 Å². The number of hydrogen-bond acceptors (Lipinski definition) is 2. The molecule has 1 saturated heterocycles. The number of rotatable bonds is 3. The Morgan fingerprint density at radius 2 is 2.13 bits per heavy atom. The molecule has 2 N–H and O–H groups in total. The highest BCUT2D eigenvalue weighted by molar-refractivity contribution is 5.74. The van der Waals surface area contributed by atoms with E-state index in [0.29, 0.717) is 13.0 Å². The van der Waals surface area contributed by atoms with Gasteiger partial charge in [0.05, 0.1) is 11.7 Å². The maximum absolute atomic E-state index is 13.0. The molecule has 1 aromatic rings. The third-order valence-corrected chi connectivity index (χ3v) is 3.90. The van der Waals surface area contributed by atoms with Crippen LogP contribution in [0.3, 0.4) is 0 Å². The maximum atomic E-state index is 13.0. The number of aliphatic hydroxyl groups is 1. The van der Waals surface area contributed by atoms with E-state index in [-0.39, 0.29) is 24.6 Å². The van der Waals surface area contributed by atoms with Crippen molar-refractivity contribution in [3.63, 3.8) is 0 Å². The van der Waals surface area contributed by atoms with Crippen molar-refractivity contribution < 1.29 is 23.1 Å². The van der Waals surface area contributed by atoms with E-state index in [0.717, 1.165) is 12.5 Å². The maximum Gasteiger partial charge on any atom is 0.416 e. The number of aliphatic hydroxyl groups excluding tert-OH is 1. The molecule has 2 unspecified atom stereocenters. The number of piperidine rings is 1. The fourth-order valence-corrected chi connectivity index (χ4v) is 2.80. The first-order valence-corrected chi connectivity index (χ1v) is 7.66. The predicted octanol–water partition coefficient (Wildman–Crippen LogP) is 2.80. The van der Waals surface area contributed by atoms with Crippen LogP contribution in [0.25, 0.3) is 0 Å². The predicted molar refractivity (Wildman–Crippen MR) is 80.0 cm³/mol. The van der Waals surface area contributed by atoms with Crippen molar-refractivity contribution in [3.05, 3.63) is 35.4 Å². The fraction of sp³-hybridized carbons (Fsp3) is 0.562. The molecule has 1 aromatic carbocycles. The smallest absolute Gasteiger partial charge is 0.391 e. The van der Waals surface area contributed by atoms with Gasteiger partial charge in [-0.1, -0.05) is 18.2 Å². The van der Waals surface area contributed by atoms with Crippen LogP contribution in [0.15, 0.2) is 24.3 Å². The summed E-state index contributed by atoms with van der Waals surface area (Å²) in [5.74, 6) is 0. The molecule has 0 aliphatic carbocycles. The van der Waals surface area contributed by atoms with Gasteiger partial charge in [0, 0.05) is 19.1 Å². The van der Waals surface area contributed by atoms with Gasteiger partial charge in [-0.3, -0.25) is 0 Å². The zero-order valence-corrected chi connectivity index (χ0v) is 12.9. The van der Waals surface area contributed by atoms with E-state index in [1.54, 1.807) is 13.0 Å². The summed E-state index contributed by atoms with van der Waals surface area (Å²) in [5, 5.41) is 12.3. The topological polar surface area (TPSA) is 52.6 Å². The van der Waals surface area contributed by atoms with E-state index in [1.165, 1.54) is 17.0 Å². The molecule has 1 aliphatic heterocycles. The van der Waals surface area contributed by atoms with E-state index in [1.807, 2.05) is 0 Å². The van der Waals surface area contributed by atoms with E-state index in [4.69, 9.17) is 0 Å². The fourth-order valence-electron chi connectivity index (χ4n) is 2.80. The standard InChI is InChI=1S/C16H21F3N2O2/c1-11(20-15(23)21-8-4-6-13(22)10-21)9-12-5-2-3-7-14(12)16(17,18)19/h2-3,5,7,11,13,22H,4,6,8-10H2,1H3,(H,20,23). The van der Waals surface area contributed by atoms with Crippen molar-refractivity contribution >= 4 is 6.03 Å². The first-order chi connectivity index (χ1) is 10.8. The van der Waals surface area contributed by atoms with Gasteiger partial charge in [0.15, 0.2) is 0 Å². The van der Waals surface area contributed by atoms with Crippen LogP contribution >= 0.6 is 0 Å². The Bertz CT molecular complexity index is 548. The molecule has 128 valence electrons. The number of benzene rings is 1. The Morgan fingerprint density at radius 3 is 2.78 bits per heavy atom. The van der Waals surface area contributed by atoms with Crippen LogP contribution < -0.4 is 5.32 Å². The number of nitrogens with one attached hydrogen (secondary N) is 1. The minimum Gasteiger partial charge on any atom is -0.391 e. The lowest BCUT2D eigenvalue weighted by atomic mass is 10.0. The molecule has 7 heteroatoms. The summed E-state index contributed by atoms with van der Waals surface area (Å²) in [6.07, 6.45) is -3.46. The zero-order chi connectivity index (χ0) is 17.0. The number of alkyl halides is 3. The highest BCUT2D eigenvalue weighted by Gasteiger charge is 2.33. The number of carbonyl (C=O) groups excluding carboxylic acids is 1. The third kappa shape index (κ3) is 4.86. The van der Waals surface area contributed by atoms with Gasteiger partial charge in [-0.15, -0.1) is 0 Å². The number of hydrogen-bond donors (Lipinski definition) is 2. The Balaban J connectivity index is 1.97. The van der Waals surface area contributed by atoms with E-state index >= 15 is 0 Å². The lowest BCUT2D eigenvalue weighted by Gasteiger charge is -2.31. The van der Waals surface area contributed by atoms with Gasteiger partial charge in [-0.2, -0.15) is 13.2 Å². The number of nitrogens with zero attached hydrogens (tertiary/aromatic N) is 1. The molecule has 0 spiro atoms. The number of urea groups is 1. The summed E-state index contributed by atoms with van der Waals surface area (Å²) in [6.45, 7) is 2.48. The average molecular weight is 330 g/mol. The molecule has 2 atom stereocenters. The quantitative estimate of drug-likeness (QED) is 0.895. The molecule has 2 amide bonds. The van der Waals surface area contributed by atoms with Crippen LogP contribution in [0.4, 0.5) is 18.0 Å². The van der Waals surface area contributed by atoms with E-state index in [2.05, 4.69) is 5.32 Å². The summed E-state index contributed by atoms with van der Waals surface area (Å²) in [6, 6.07) is 4.59. The van der Waals surface area contributed by atoms with Crippen LogP contribution in [-0.4, -0.2) is 41.3 Å². The summed E-state index contributed by atoms with van der Waals surface area (Å²) >= 11 is 0. The minimum atomic E-state index is -4.41. The first kappa shape index (κ1) is 17.6. The molecule has 4 nitrogen and oxygen atoms in total. The van der Waals surface area contributed by atoms with Crippen molar-refractivity contribution in [1.29, 1.82) is 0 Å². The van der Waals surface area contributed by atoms with Gasteiger partial charge >= 0.3 is 12.2 Å². The molecule has 0 radical (unpaired) electrons. The molecule has 0 saturated carbocycles. The van der Waals surface area contributed by atoms with Gasteiger partial charge in [0.1, 0.15) is 0 Å². The minimum absolute atomic E-state index is 0.0951. The van der Waals surface area contributed by atoms with Gasteiger partial charge < -0.3 is 15.3 Å².